The fourth-order valence-corrected chi connectivity index (χ4v) is 2.22. The van der Waals surface area contributed by atoms with E-state index in [4.69, 9.17) is 15.2 Å². The molecule has 5 nitrogen and oxygen atoms in total. The highest BCUT2D eigenvalue weighted by molar-refractivity contribution is 14.0. The van der Waals surface area contributed by atoms with Gasteiger partial charge < -0.3 is 20.5 Å². The fourth-order valence-electron chi connectivity index (χ4n) is 2.22. The fraction of sp³-hybridized carbons (Fsp3) is 0.235. The molecule has 0 fully saturated rings. The second-order valence-corrected chi connectivity index (χ2v) is 5.31. The van der Waals surface area contributed by atoms with E-state index >= 15 is 0 Å². The van der Waals surface area contributed by atoms with Gasteiger partial charge in [0.25, 0.3) is 0 Å². The van der Waals surface area contributed by atoms with E-state index in [0.717, 1.165) is 22.7 Å². The second kappa shape index (κ2) is 7.54. The van der Waals surface area contributed by atoms with Crippen molar-refractivity contribution in [2.24, 2.45) is 10.7 Å². The summed E-state index contributed by atoms with van der Waals surface area (Å²) in [6.45, 7) is 4.91. The molecule has 2 aromatic rings. The molecule has 0 saturated carbocycles. The molecule has 1 aliphatic heterocycles. The lowest BCUT2D eigenvalue weighted by molar-refractivity contribution is 0.174. The Morgan fingerprint density at radius 3 is 2.65 bits per heavy atom. The maximum absolute atomic E-state index is 5.94. The van der Waals surface area contributed by atoms with Crippen LogP contribution in [-0.2, 0) is 6.54 Å². The maximum Gasteiger partial charge on any atom is 0.231 e. The average Bonchev–Trinajstić information content (AvgIpc) is 2.96. The van der Waals surface area contributed by atoms with E-state index in [1.54, 1.807) is 0 Å². The molecule has 0 radical (unpaired) electrons. The largest absolute Gasteiger partial charge is 0.454 e. The van der Waals surface area contributed by atoms with Crippen molar-refractivity contribution in [3.05, 3.63) is 53.1 Å². The Morgan fingerprint density at radius 1 is 1.09 bits per heavy atom. The molecule has 0 amide bonds. The van der Waals surface area contributed by atoms with Gasteiger partial charge in [-0.05, 0) is 54.8 Å². The number of anilines is 1. The minimum atomic E-state index is 0. The molecule has 0 bridgehead atoms. The lowest BCUT2D eigenvalue weighted by atomic mass is 10.1. The Morgan fingerprint density at radius 2 is 1.87 bits per heavy atom. The Bertz CT molecular complexity index is 732. The van der Waals surface area contributed by atoms with Gasteiger partial charge in [-0.1, -0.05) is 12.1 Å². The number of nitrogens with two attached hydrogens (primary N) is 1. The zero-order valence-electron chi connectivity index (χ0n) is 13.1. The second-order valence-electron chi connectivity index (χ2n) is 5.31. The van der Waals surface area contributed by atoms with Crippen molar-refractivity contribution >= 4 is 35.6 Å². The normalized spacial score (nSPS) is 12.7. The highest BCUT2D eigenvalue weighted by Gasteiger charge is 2.12. The van der Waals surface area contributed by atoms with Crippen LogP contribution < -0.4 is 20.5 Å². The first kappa shape index (κ1) is 17.4. The van der Waals surface area contributed by atoms with Gasteiger partial charge in [-0.25, -0.2) is 4.99 Å². The molecule has 23 heavy (non-hydrogen) atoms. The number of aliphatic imine (C=N–C) groups is 1. The van der Waals surface area contributed by atoms with Crippen molar-refractivity contribution in [3.63, 3.8) is 0 Å². The third-order valence-corrected chi connectivity index (χ3v) is 3.65. The number of aryl methyl sites for hydroxylation is 2. The van der Waals surface area contributed by atoms with E-state index in [1.807, 2.05) is 24.3 Å². The van der Waals surface area contributed by atoms with Crippen LogP contribution in [0.15, 0.2) is 41.4 Å². The van der Waals surface area contributed by atoms with Crippen molar-refractivity contribution in [3.8, 4) is 11.5 Å². The number of benzene rings is 2. The highest BCUT2D eigenvalue weighted by atomic mass is 127. The SMILES string of the molecule is Cc1ccc(NC(N)=NCc2ccc3c(c2)OCO3)cc1C.I. The predicted molar refractivity (Wildman–Crippen MR) is 103 cm³/mol. The summed E-state index contributed by atoms with van der Waals surface area (Å²) >= 11 is 0. The predicted octanol–water partition coefficient (Wildman–Crippen LogP) is 3.58. The number of nitrogens with zero attached hydrogens (tertiary/aromatic N) is 1. The monoisotopic (exact) mass is 425 g/mol. The number of nitrogens with one attached hydrogen (secondary N) is 1. The van der Waals surface area contributed by atoms with E-state index in [2.05, 4.69) is 36.3 Å². The summed E-state index contributed by atoms with van der Waals surface area (Å²) in [6.07, 6.45) is 0. The quantitative estimate of drug-likeness (QED) is 0.448. The average molecular weight is 425 g/mol. The first-order chi connectivity index (χ1) is 10.6. The Labute approximate surface area is 152 Å². The van der Waals surface area contributed by atoms with E-state index in [0.29, 0.717) is 12.5 Å². The highest BCUT2D eigenvalue weighted by Crippen LogP contribution is 2.32. The molecule has 3 N–H and O–H groups in total. The molecule has 0 atom stereocenters. The van der Waals surface area contributed by atoms with Gasteiger partial charge in [-0.2, -0.15) is 0 Å². The Hall–Kier alpha value is -1.96. The summed E-state index contributed by atoms with van der Waals surface area (Å²) in [7, 11) is 0. The smallest absolute Gasteiger partial charge is 0.231 e. The van der Waals surface area contributed by atoms with Gasteiger partial charge in [-0.15, -0.1) is 24.0 Å². The zero-order chi connectivity index (χ0) is 15.5. The zero-order valence-corrected chi connectivity index (χ0v) is 15.5. The van der Waals surface area contributed by atoms with Gasteiger partial charge in [0.2, 0.25) is 6.79 Å². The van der Waals surface area contributed by atoms with Crippen LogP contribution in [0, 0.1) is 13.8 Å². The van der Waals surface area contributed by atoms with Crippen LogP contribution in [-0.4, -0.2) is 12.8 Å². The van der Waals surface area contributed by atoms with Crippen LogP contribution >= 0.6 is 24.0 Å². The van der Waals surface area contributed by atoms with Gasteiger partial charge >= 0.3 is 0 Å². The maximum atomic E-state index is 5.94. The van der Waals surface area contributed by atoms with E-state index in [9.17, 15) is 0 Å². The molecular formula is C17H20IN3O2. The number of hydrogen-bond acceptors (Lipinski definition) is 3. The topological polar surface area (TPSA) is 68.9 Å². The van der Waals surface area contributed by atoms with Gasteiger partial charge in [0, 0.05) is 5.69 Å². The lowest BCUT2D eigenvalue weighted by Crippen LogP contribution is -2.22. The van der Waals surface area contributed by atoms with Crippen molar-refractivity contribution in [1.82, 2.24) is 0 Å². The van der Waals surface area contributed by atoms with Crippen molar-refractivity contribution < 1.29 is 9.47 Å². The molecule has 0 spiro atoms. The summed E-state index contributed by atoms with van der Waals surface area (Å²) in [6, 6.07) is 11.9. The molecule has 0 unspecified atom stereocenters. The lowest BCUT2D eigenvalue weighted by Gasteiger charge is -2.08. The van der Waals surface area contributed by atoms with Crippen LogP contribution in [0.4, 0.5) is 5.69 Å². The number of halogens is 1. The molecule has 1 aliphatic rings. The molecule has 6 heteroatoms. The molecule has 1 heterocycles. The number of guanidine groups is 1. The summed E-state index contributed by atoms with van der Waals surface area (Å²) in [5.74, 6) is 1.92. The van der Waals surface area contributed by atoms with Gasteiger partial charge in [0.1, 0.15) is 0 Å². The van der Waals surface area contributed by atoms with Crippen LogP contribution in [0.25, 0.3) is 0 Å². The van der Waals surface area contributed by atoms with Crippen LogP contribution in [0.3, 0.4) is 0 Å². The first-order valence-corrected chi connectivity index (χ1v) is 7.14. The summed E-state index contributed by atoms with van der Waals surface area (Å²) in [5, 5.41) is 3.10. The molecule has 0 saturated heterocycles. The third kappa shape index (κ3) is 4.28. The van der Waals surface area contributed by atoms with Crippen LogP contribution in [0.5, 0.6) is 11.5 Å². The molecule has 2 aromatic carbocycles. The summed E-state index contributed by atoms with van der Waals surface area (Å²) in [5.41, 5.74) is 10.4. The minimum absolute atomic E-state index is 0. The number of hydrogen-bond donors (Lipinski definition) is 2. The first-order valence-electron chi connectivity index (χ1n) is 7.14. The van der Waals surface area contributed by atoms with Gasteiger partial charge in [0.05, 0.1) is 6.54 Å². The Balaban J connectivity index is 0.00000192. The molecular weight excluding hydrogens is 405 g/mol. The number of fused-ring (bicyclic) bond motifs is 1. The minimum Gasteiger partial charge on any atom is -0.454 e. The van der Waals surface area contributed by atoms with Crippen molar-refractivity contribution in [2.45, 2.75) is 20.4 Å². The van der Waals surface area contributed by atoms with Gasteiger partial charge in [-0.3, -0.25) is 0 Å². The van der Waals surface area contributed by atoms with Gasteiger partial charge in [0.15, 0.2) is 17.5 Å². The van der Waals surface area contributed by atoms with Crippen LogP contribution in [0.1, 0.15) is 16.7 Å². The summed E-state index contributed by atoms with van der Waals surface area (Å²) < 4.78 is 10.6. The third-order valence-electron chi connectivity index (χ3n) is 3.65. The molecule has 0 aromatic heterocycles. The van der Waals surface area contributed by atoms with E-state index in [-0.39, 0.29) is 30.8 Å². The molecule has 122 valence electrons. The number of rotatable bonds is 3. The van der Waals surface area contributed by atoms with E-state index < -0.39 is 0 Å². The standard InChI is InChI=1S/C17H19N3O2.HI/c1-11-3-5-14(7-12(11)2)20-17(18)19-9-13-4-6-15-16(8-13)22-10-21-15;/h3-8H,9-10H2,1-2H3,(H3,18,19,20);1H. The molecule has 0 aliphatic carbocycles. The van der Waals surface area contributed by atoms with Crippen molar-refractivity contribution in [2.75, 3.05) is 12.1 Å². The van der Waals surface area contributed by atoms with Crippen LogP contribution in [0.2, 0.25) is 0 Å². The van der Waals surface area contributed by atoms with Crippen molar-refractivity contribution in [1.29, 1.82) is 0 Å². The Kier molecular flexibility index (Phi) is 5.70. The molecule has 3 rings (SSSR count). The summed E-state index contributed by atoms with van der Waals surface area (Å²) in [4.78, 5) is 4.35. The number of ether oxygens (including phenoxy) is 2. The van der Waals surface area contributed by atoms with E-state index in [1.165, 1.54) is 11.1 Å².